The number of pyridine rings is 1. The summed E-state index contributed by atoms with van der Waals surface area (Å²) in [5, 5.41) is 0. The number of aryl methyl sites for hydroxylation is 1. The summed E-state index contributed by atoms with van der Waals surface area (Å²) in [6.45, 7) is 7.76. The zero-order chi connectivity index (χ0) is 14.5. The molecule has 2 unspecified atom stereocenters. The summed E-state index contributed by atoms with van der Waals surface area (Å²) >= 11 is 0. The van der Waals surface area contributed by atoms with E-state index in [4.69, 9.17) is 10.2 Å². The molecule has 2 heterocycles. The summed E-state index contributed by atoms with van der Waals surface area (Å²) < 4.78 is 5.79. The zero-order valence-electron chi connectivity index (χ0n) is 12.4. The SMILES string of the molecule is CCN(Cc1ccccn1)C(c1ccc(C)o1)C(C)N. The summed E-state index contributed by atoms with van der Waals surface area (Å²) in [5.41, 5.74) is 7.23. The maximum Gasteiger partial charge on any atom is 0.122 e. The highest BCUT2D eigenvalue weighted by Gasteiger charge is 2.26. The standard InChI is InChI=1S/C16H23N3O/c1-4-19(11-14-7-5-6-10-18-14)16(13(3)17)15-9-8-12(2)20-15/h5-10,13,16H,4,11,17H2,1-3H3. The van der Waals surface area contributed by atoms with E-state index in [9.17, 15) is 0 Å². The third-order valence-corrected chi connectivity index (χ3v) is 3.44. The number of nitrogens with zero attached hydrogens (tertiary/aromatic N) is 2. The van der Waals surface area contributed by atoms with Gasteiger partial charge in [0.15, 0.2) is 0 Å². The van der Waals surface area contributed by atoms with Crippen LogP contribution in [-0.2, 0) is 6.54 Å². The summed E-state index contributed by atoms with van der Waals surface area (Å²) in [7, 11) is 0. The van der Waals surface area contributed by atoms with E-state index in [1.165, 1.54) is 0 Å². The summed E-state index contributed by atoms with van der Waals surface area (Å²) in [5.74, 6) is 1.84. The molecule has 0 bridgehead atoms. The highest BCUT2D eigenvalue weighted by molar-refractivity contribution is 5.13. The van der Waals surface area contributed by atoms with Gasteiger partial charge >= 0.3 is 0 Å². The Balaban J connectivity index is 2.22. The molecule has 4 heteroatoms. The van der Waals surface area contributed by atoms with Crippen molar-refractivity contribution >= 4 is 0 Å². The van der Waals surface area contributed by atoms with Gasteiger partial charge in [-0.2, -0.15) is 0 Å². The van der Waals surface area contributed by atoms with E-state index >= 15 is 0 Å². The van der Waals surface area contributed by atoms with E-state index < -0.39 is 0 Å². The Hall–Kier alpha value is -1.65. The predicted octanol–water partition coefficient (Wildman–Crippen LogP) is 2.89. The van der Waals surface area contributed by atoms with Gasteiger partial charge in [-0.05, 0) is 44.7 Å². The lowest BCUT2D eigenvalue weighted by Gasteiger charge is -2.31. The lowest BCUT2D eigenvalue weighted by molar-refractivity contribution is 0.152. The quantitative estimate of drug-likeness (QED) is 0.879. The van der Waals surface area contributed by atoms with Gasteiger partial charge in [0, 0.05) is 18.8 Å². The monoisotopic (exact) mass is 273 g/mol. The van der Waals surface area contributed by atoms with Crippen molar-refractivity contribution < 1.29 is 4.42 Å². The Morgan fingerprint density at radius 3 is 2.60 bits per heavy atom. The van der Waals surface area contributed by atoms with Gasteiger partial charge in [-0.25, -0.2) is 0 Å². The first-order valence-electron chi connectivity index (χ1n) is 7.07. The van der Waals surface area contributed by atoms with E-state index in [2.05, 4.69) is 16.8 Å². The fourth-order valence-corrected chi connectivity index (χ4v) is 2.49. The molecule has 4 nitrogen and oxygen atoms in total. The topological polar surface area (TPSA) is 55.3 Å². The lowest BCUT2D eigenvalue weighted by Crippen LogP contribution is -2.39. The van der Waals surface area contributed by atoms with E-state index in [1.54, 1.807) is 0 Å². The van der Waals surface area contributed by atoms with Crippen LogP contribution >= 0.6 is 0 Å². The second-order valence-corrected chi connectivity index (χ2v) is 5.14. The van der Waals surface area contributed by atoms with Gasteiger partial charge in [-0.1, -0.05) is 13.0 Å². The van der Waals surface area contributed by atoms with Crippen molar-refractivity contribution in [3.05, 3.63) is 53.7 Å². The molecule has 0 spiro atoms. The molecule has 2 aromatic rings. The Kier molecular flexibility index (Phi) is 4.93. The fraction of sp³-hybridized carbons (Fsp3) is 0.438. The molecule has 2 rings (SSSR count). The smallest absolute Gasteiger partial charge is 0.122 e. The molecule has 108 valence electrons. The molecule has 0 fully saturated rings. The maximum atomic E-state index is 6.19. The highest BCUT2D eigenvalue weighted by Crippen LogP contribution is 2.26. The first-order valence-corrected chi connectivity index (χ1v) is 7.07. The molecule has 0 aliphatic heterocycles. The van der Waals surface area contributed by atoms with Crippen LogP contribution in [0.5, 0.6) is 0 Å². The molecule has 0 saturated heterocycles. The second kappa shape index (κ2) is 6.68. The number of rotatable bonds is 6. The predicted molar refractivity (Wildman–Crippen MR) is 80.2 cm³/mol. The number of nitrogens with two attached hydrogens (primary N) is 1. The van der Waals surface area contributed by atoms with Crippen molar-refractivity contribution in [1.29, 1.82) is 0 Å². The van der Waals surface area contributed by atoms with Crippen LogP contribution in [0.15, 0.2) is 40.9 Å². The number of hydrogen-bond acceptors (Lipinski definition) is 4. The highest BCUT2D eigenvalue weighted by atomic mass is 16.3. The van der Waals surface area contributed by atoms with Gasteiger partial charge < -0.3 is 10.2 Å². The average Bonchev–Trinajstić information content (AvgIpc) is 2.85. The van der Waals surface area contributed by atoms with Crippen LogP contribution in [-0.4, -0.2) is 22.5 Å². The van der Waals surface area contributed by atoms with Crippen LogP contribution in [0.3, 0.4) is 0 Å². The van der Waals surface area contributed by atoms with Crippen LogP contribution in [0.25, 0.3) is 0 Å². The van der Waals surface area contributed by atoms with E-state index in [-0.39, 0.29) is 12.1 Å². The van der Waals surface area contributed by atoms with Gasteiger partial charge in [-0.15, -0.1) is 0 Å². The molecule has 0 aliphatic carbocycles. The molecule has 0 saturated carbocycles. The number of likely N-dealkylation sites (N-methyl/N-ethyl adjacent to an activating group) is 1. The molecule has 2 atom stereocenters. The molecular formula is C16H23N3O. The van der Waals surface area contributed by atoms with Gasteiger partial charge in [0.1, 0.15) is 11.5 Å². The number of hydrogen-bond donors (Lipinski definition) is 1. The summed E-state index contributed by atoms with van der Waals surface area (Å²) in [4.78, 5) is 6.69. The Labute approximate surface area is 120 Å². The van der Waals surface area contributed by atoms with Gasteiger partial charge in [0.2, 0.25) is 0 Å². The minimum Gasteiger partial charge on any atom is -0.465 e. The maximum absolute atomic E-state index is 6.19. The molecule has 2 N–H and O–H groups in total. The van der Waals surface area contributed by atoms with Crippen molar-refractivity contribution in [2.24, 2.45) is 5.73 Å². The van der Waals surface area contributed by atoms with Crippen molar-refractivity contribution in [3.8, 4) is 0 Å². The van der Waals surface area contributed by atoms with Crippen LogP contribution < -0.4 is 5.73 Å². The molecule has 20 heavy (non-hydrogen) atoms. The van der Waals surface area contributed by atoms with Crippen molar-refractivity contribution in [3.63, 3.8) is 0 Å². The lowest BCUT2D eigenvalue weighted by atomic mass is 10.1. The summed E-state index contributed by atoms with van der Waals surface area (Å²) in [6.07, 6.45) is 1.82. The van der Waals surface area contributed by atoms with E-state index in [1.807, 2.05) is 50.4 Å². The van der Waals surface area contributed by atoms with Crippen molar-refractivity contribution in [2.45, 2.75) is 39.4 Å². The molecule has 0 amide bonds. The first-order chi connectivity index (χ1) is 9.61. The van der Waals surface area contributed by atoms with E-state index in [0.29, 0.717) is 0 Å². The zero-order valence-corrected chi connectivity index (χ0v) is 12.4. The third-order valence-electron chi connectivity index (χ3n) is 3.44. The molecule has 0 radical (unpaired) electrons. The van der Waals surface area contributed by atoms with Crippen LogP contribution in [0.4, 0.5) is 0 Å². The molecule has 0 aromatic carbocycles. The van der Waals surface area contributed by atoms with Crippen LogP contribution in [0.2, 0.25) is 0 Å². The minimum atomic E-state index is -0.00999. The van der Waals surface area contributed by atoms with Gasteiger partial charge in [-0.3, -0.25) is 9.88 Å². The molecule has 0 aliphatic rings. The number of aromatic nitrogens is 1. The third kappa shape index (κ3) is 3.46. The number of furan rings is 1. The Morgan fingerprint density at radius 2 is 2.10 bits per heavy atom. The second-order valence-electron chi connectivity index (χ2n) is 5.14. The Bertz CT molecular complexity index is 522. The van der Waals surface area contributed by atoms with Gasteiger partial charge in [0.05, 0.1) is 11.7 Å². The first kappa shape index (κ1) is 14.8. The van der Waals surface area contributed by atoms with Gasteiger partial charge in [0.25, 0.3) is 0 Å². The van der Waals surface area contributed by atoms with Crippen LogP contribution in [0.1, 0.15) is 37.1 Å². The van der Waals surface area contributed by atoms with E-state index in [0.717, 1.165) is 30.3 Å². The normalized spacial score (nSPS) is 14.4. The molecular weight excluding hydrogens is 250 g/mol. The summed E-state index contributed by atoms with van der Waals surface area (Å²) in [6, 6.07) is 10.0. The molecule has 2 aromatic heterocycles. The average molecular weight is 273 g/mol. The van der Waals surface area contributed by atoms with Crippen molar-refractivity contribution in [2.75, 3.05) is 6.54 Å². The van der Waals surface area contributed by atoms with Crippen LogP contribution in [0, 0.1) is 6.92 Å². The Morgan fingerprint density at radius 1 is 1.30 bits per heavy atom. The van der Waals surface area contributed by atoms with Crippen molar-refractivity contribution in [1.82, 2.24) is 9.88 Å². The fourth-order valence-electron chi connectivity index (χ4n) is 2.49. The largest absolute Gasteiger partial charge is 0.465 e. The minimum absolute atomic E-state index is 0.00999.